The number of fused-ring (bicyclic) bond motifs is 1. The Bertz CT molecular complexity index is 1620. The van der Waals surface area contributed by atoms with Crippen LogP contribution in [0.25, 0.3) is 0 Å². The minimum Gasteiger partial charge on any atom is -0.497 e. The molecule has 1 saturated carbocycles. The first-order valence-electron chi connectivity index (χ1n) is 13.8. The number of ether oxygens (including phenoxy) is 2. The van der Waals surface area contributed by atoms with E-state index < -0.39 is 65.8 Å². The summed E-state index contributed by atoms with van der Waals surface area (Å²) in [6, 6.07) is 7.10. The molecule has 3 unspecified atom stereocenters. The van der Waals surface area contributed by atoms with Crippen LogP contribution in [-0.4, -0.2) is 55.1 Å². The van der Waals surface area contributed by atoms with Gasteiger partial charge in [0, 0.05) is 41.8 Å². The molecule has 4 atom stereocenters. The number of nitrogens with one attached hydrogen (secondary N) is 1. The van der Waals surface area contributed by atoms with Crippen molar-refractivity contribution >= 4 is 29.4 Å². The number of pyridine rings is 1. The Kier molecular flexibility index (Phi) is 7.59. The van der Waals surface area contributed by atoms with E-state index in [4.69, 9.17) is 4.74 Å². The summed E-state index contributed by atoms with van der Waals surface area (Å²) < 4.78 is 80.0. The number of β-lactam (4-membered cyclic amide) rings is 1. The van der Waals surface area contributed by atoms with Gasteiger partial charge in [-0.15, -0.1) is 0 Å². The molecule has 1 N–H and O–H groups in total. The van der Waals surface area contributed by atoms with Crippen LogP contribution < -0.4 is 24.6 Å². The monoisotopic (exact) mass is 616 g/mol. The summed E-state index contributed by atoms with van der Waals surface area (Å²) in [4.78, 5) is 46.3. The smallest absolute Gasteiger partial charge is 0.387 e. The van der Waals surface area contributed by atoms with Gasteiger partial charge in [0.25, 0.3) is 11.8 Å². The van der Waals surface area contributed by atoms with Crippen LogP contribution in [-0.2, 0) is 9.59 Å². The van der Waals surface area contributed by atoms with Crippen molar-refractivity contribution in [3.63, 3.8) is 0 Å². The molecule has 9 nitrogen and oxygen atoms in total. The Morgan fingerprint density at radius 3 is 2.30 bits per heavy atom. The van der Waals surface area contributed by atoms with Crippen LogP contribution in [0.2, 0.25) is 0 Å². The van der Waals surface area contributed by atoms with Gasteiger partial charge in [-0.25, -0.2) is 18.2 Å². The van der Waals surface area contributed by atoms with E-state index in [1.54, 1.807) is 0 Å². The zero-order valence-corrected chi connectivity index (χ0v) is 23.1. The summed E-state index contributed by atoms with van der Waals surface area (Å²) >= 11 is 0. The molecule has 3 amide bonds. The molecule has 3 fully saturated rings. The van der Waals surface area contributed by atoms with Gasteiger partial charge >= 0.3 is 6.61 Å². The number of amides is 3. The number of carbonyl (C=O) groups is 3. The Hall–Kier alpha value is -4.75. The molecule has 0 bridgehead atoms. The van der Waals surface area contributed by atoms with Crippen LogP contribution in [0.5, 0.6) is 11.5 Å². The van der Waals surface area contributed by atoms with Gasteiger partial charge in [0.15, 0.2) is 11.6 Å². The van der Waals surface area contributed by atoms with Crippen LogP contribution in [0, 0.1) is 23.4 Å². The van der Waals surface area contributed by atoms with Gasteiger partial charge in [-0.1, -0.05) is 6.42 Å². The number of benzene rings is 2. The molecule has 44 heavy (non-hydrogen) atoms. The van der Waals surface area contributed by atoms with Crippen molar-refractivity contribution in [1.82, 2.24) is 10.3 Å². The van der Waals surface area contributed by atoms with E-state index >= 15 is 13.2 Å². The summed E-state index contributed by atoms with van der Waals surface area (Å²) in [5.74, 6) is -7.12. The van der Waals surface area contributed by atoms with Crippen molar-refractivity contribution < 1.29 is 45.8 Å². The number of rotatable bonds is 8. The number of aromatic nitrogens is 1. The zero-order chi connectivity index (χ0) is 31.3. The molecule has 2 saturated heterocycles. The highest BCUT2D eigenvalue weighted by Crippen LogP contribution is 2.43. The van der Waals surface area contributed by atoms with Crippen LogP contribution in [0.3, 0.4) is 0 Å². The van der Waals surface area contributed by atoms with Gasteiger partial charge in [0.05, 0.1) is 13.0 Å². The summed E-state index contributed by atoms with van der Waals surface area (Å²) in [6.45, 7) is -3.56. The van der Waals surface area contributed by atoms with Crippen LogP contribution >= 0.6 is 0 Å². The van der Waals surface area contributed by atoms with Crippen LogP contribution in [0.15, 0.2) is 48.5 Å². The second-order valence-corrected chi connectivity index (χ2v) is 10.7. The van der Waals surface area contributed by atoms with Crippen molar-refractivity contribution in [2.45, 2.75) is 43.9 Å². The lowest BCUT2D eigenvalue weighted by Gasteiger charge is -2.42. The lowest BCUT2D eigenvalue weighted by Crippen LogP contribution is -2.59. The van der Waals surface area contributed by atoms with E-state index in [0.29, 0.717) is 0 Å². The van der Waals surface area contributed by atoms with Gasteiger partial charge in [-0.3, -0.25) is 24.2 Å². The Labute approximate surface area is 247 Å². The predicted octanol–water partition coefficient (Wildman–Crippen LogP) is 4.55. The molecule has 3 heterocycles. The Morgan fingerprint density at radius 2 is 1.64 bits per heavy atom. The van der Waals surface area contributed by atoms with E-state index in [-0.39, 0.29) is 40.7 Å². The van der Waals surface area contributed by atoms with Crippen molar-refractivity contribution in [2.24, 2.45) is 5.92 Å². The number of hydrogen-bond acceptors (Lipinski definition) is 6. The normalized spacial score (nSPS) is 22.7. The molecule has 2 aliphatic heterocycles. The van der Waals surface area contributed by atoms with E-state index in [1.807, 2.05) is 0 Å². The second kappa shape index (κ2) is 11.4. The fourth-order valence-electron chi connectivity index (χ4n) is 6.21. The molecule has 1 aromatic heterocycles. The molecule has 1 aliphatic carbocycles. The minimum atomic E-state index is -3.09. The SMILES string of the molecule is COc1cc(F)c([C@@H]2CN(c3nc(N4C(=O)C5CCCC54)ccc3F)C(=O)C2NC(=O)c2ccc(OC(F)F)cc2)c(F)c1. The predicted molar refractivity (Wildman–Crippen MR) is 145 cm³/mol. The highest BCUT2D eigenvalue weighted by Gasteiger charge is 2.51. The van der Waals surface area contributed by atoms with Crippen molar-refractivity contribution in [1.29, 1.82) is 0 Å². The third kappa shape index (κ3) is 5.07. The van der Waals surface area contributed by atoms with Crippen molar-refractivity contribution in [2.75, 3.05) is 23.5 Å². The molecule has 2 aromatic carbocycles. The van der Waals surface area contributed by atoms with E-state index in [2.05, 4.69) is 15.0 Å². The number of hydrogen-bond donors (Lipinski definition) is 1. The molecule has 3 aromatic rings. The molecule has 14 heteroatoms. The van der Waals surface area contributed by atoms with Gasteiger partial charge in [0.2, 0.25) is 5.91 Å². The number of nitrogens with zero attached hydrogens (tertiary/aromatic N) is 3. The highest BCUT2D eigenvalue weighted by atomic mass is 19.3. The maximum absolute atomic E-state index is 15.3. The summed E-state index contributed by atoms with van der Waals surface area (Å²) in [5.41, 5.74) is -0.614. The third-order valence-electron chi connectivity index (χ3n) is 8.28. The quantitative estimate of drug-likeness (QED) is 0.295. The molecule has 3 aliphatic rings. The van der Waals surface area contributed by atoms with E-state index in [1.165, 1.54) is 30.2 Å². The summed E-state index contributed by atoms with van der Waals surface area (Å²) in [7, 11) is 1.22. The number of halogens is 5. The Balaban J connectivity index is 1.34. The standard InChI is InChI=1S/C30H25F5N4O5/c1-43-16-11-20(32)24(21(33)12-16)18-13-38(26-19(31)9-10-23(36-26)39-22-4-2-3-17(22)28(39)41)29(42)25(18)37-27(40)14-5-7-15(8-6-14)44-30(34)35/h5-12,17-18,22,25,30H,2-4,13H2,1H3,(H,37,40)/t17?,18-,22?,25?/m0/s1. The lowest BCUT2D eigenvalue weighted by molar-refractivity contribution is -0.129. The van der Waals surface area contributed by atoms with Gasteiger partial charge in [0.1, 0.15) is 35.0 Å². The van der Waals surface area contributed by atoms with E-state index in [9.17, 15) is 23.2 Å². The first-order valence-corrected chi connectivity index (χ1v) is 13.8. The second-order valence-electron chi connectivity index (χ2n) is 10.7. The topological polar surface area (TPSA) is 101 Å². The fraction of sp³-hybridized carbons (Fsp3) is 0.333. The molecular formula is C30H25F5N4O5. The lowest BCUT2D eigenvalue weighted by atomic mass is 9.91. The highest BCUT2D eigenvalue weighted by molar-refractivity contribution is 6.05. The average molecular weight is 617 g/mol. The Morgan fingerprint density at radius 1 is 0.932 bits per heavy atom. The van der Waals surface area contributed by atoms with Gasteiger partial charge < -0.3 is 14.8 Å². The maximum atomic E-state index is 15.3. The number of carbonyl (C=O) groups excluding carboxylic acids is 3. The number of alkyl halides is 2. The number of methoxy groups -OCH3 is 1. The third-order valence-corrected chi connectivity index (χ3v) is 8.28. The largest absolute Gasteiger partial charge is 0.497 e. The fourth-order valence-corrected chi connectivity index (χ4v) is 6.21. The van der Waals surface area contributed by atoms with Crippen molar-refractivity contribution in [3.05, 3.63) is 77.1 Å². The minimum absolute atomic E-state index is 0.0685. The number of anilines is 2. The maximum Gasteiger partial charge on any atom is 0.387 e. The molecule has 0 radical (unpaired) electrons. The molecule has 0 spiro atoms. The summed E-state index contributed by atoms with van der Waals surface area (Å²) in [5, 5.41) is 2.45. The van der Waals surface area contributed by atoms with Crippen LogP contribution in [0.1, 0.15) is 41.1 Å². The first-order chi connectivity index (χ1) is 21.1. The van der Waals surface area contributed by atoms with Crippen LogP contribution in [0.4, 0.5) is 33.6 Å². The molecular weight excluding hydrogens is 591 g/mol. The van der Waals surface area contributed by atoms with Crippen molar-refractivity contribution in [3.8, 4) is 11.5 Å². The first kappa shape index (κ1) is 29.3. The summed E-state index contributed by atoms with van der Waals surface area (Å²) in [6.07, 6.45) is 2.37. The van der Waals surface area contributed by atoms with Gasteiger partial charge in [-0.05, 0) is 49.2 Å². The molecule has 6 rings (SSSR count). The average Bonchev–Trinajstić information content (AvgIpc) is 3.55. The van der Waals surface area contributed by atoms with Gasteiger partial charge in [-0.2, -0.15) is 8.78 Å². The van der Waals surface area contributed by atoms with E-state index in [0.717, 1.165) is 54.5 Å². The molecule has 230 valence electrons. The zero-order valence-electron chi connectivity index (χ0n) is 23.1.